The number of hydrogen-bond donors (Lipinski definition) is 1. The molecule has 1 amide bonds. The fourth-order valence-electron chi connectivity index (χ4n) is 2.13. The van der Waals surface area contributed by atoms with Gasteiger partial charge >= 0.3 is 0 Å². The van der Waals surface area contributed by atoms with Crippen LogP contribution in [0.5, 0.6) is 0 Å². The molecule has 0 aliphatic heterocycles. The van der Waals surface area contributed by atoms with Gasteiger partial charge in [0.05, 0.1) is 18.8 Å². The molecule has 4 heteroatoms. The molecule has 0 saturated heterocycles. The Morgan fingerprint density at radius 2 is 1.65 bits per heavy atom. The van der Waals surface area contributed by atoms with Gasteiger partial charge < -0.3 is 10.1 Å². The van der Waals surface area contributed by atoms with Gasteiger partial charge in [-0.15, -0.1) is 0 Å². The summed E-state index contributed by atoms with van der Waals surface area (Å²) in [5, 5.41) is 3.67. The zero-order chi connectivity index (χ0) is 16.8. The molecule has 23 heavy (non-hydrogen) atoms. The molecule has 1 atom stereocenters. The van der Waals surface area contributed by atoms with E-state index >= 15 is 0 Å². The topological polar surface area (TPSA) is 38.3 Å². The highest BCUT2D eigenvalue weighted by molar-refractivity contribution is 6.30. The van der Waals surface area contributed by atoms with Crippen LogP contribution in [0.3, 0.4) is 0 Å². The van der Waals surface area contributed by atoms with Crippen LogP contribution in [0, 0.1) is 0 Å². The molecule has 0 bridgehead atoms. The average Bonchev–Trinajstić information content (AvgIpc) is 2.54. The van der Waals surface area contributed by atoms with Crippen molar-refractivity contribution >= 4 is 17.5 Å². The van der Waals surface area contributed by atoms with Gasteiger partial charge in [0.15, 0.2) is 0 Å². The molecule has 1 N–H and O–H groups in total. The van der Waals surface area contributed by atoms with Crippen LogP contribution in [0.25, 0.3) is 0 Å². The SMILES string of the molecule is CC(C)OCc1ccc(C(=O)N[C@H](C)c2ccc(Cl)cc2)cc1. The van der Waals surface area contributed by atoms with Crippen LogP contribution in [0.2, 0.25) is 5.02 Å². The van der Waals surface area contributed by atoms with Gasteiger partial charge in [-0.25, -0.2) is 0 Å². The Balaban J connectivity index is 1.96. The lowest BCUT2D eigenvalue weighted by atomic mass is 10.1. The van der Waals surface area contributed by atoms with Gasteiger partial charge in [0.2, 0.25) is 0 Å². The summed E-state index contributed by atoms with van der Waals surface area (Å²) >= 11 is 5.88. The summed E-state index contributed by atoms with van der Waals surface area (Å²) < 4.78 is 5.55. The first-order chi connectivity index (χ1) is 11.0. The number of halogens is 1. The van der Waals surface area contributed by atoms with Crippen molar-refractivity contribution in [2.45, 2.75) is 39.5 Å². The number of carbonyl (C=O) groups is 1. The summed E-state index contributed by atoms with van der Waals surface area (Å²) in [5.41, 5.74) is 2.71. The molecule has 0 aliphatic rings. The summed E-state index contributed by atoms with van der Waals surface area (Å²) in [6, 6.07) is 14.9. The van der Waals surface area contributed by atoms with E-state index in [1.165, 1.54) is 0 Å². The molecule has 3 nitrogen and oxygen atoms in total. The van der Waals surface area contributed by atoms with Gasteiger partial charge in [-0.2, -0.15) is 0 Å². The molecule has 2 aromatic carbocycles. The summed E-state index contributed by atoms with van der Waals surface area (Å²) in [4.78, 5) is 12.3. The van der Waals surface area contributed by atoms with Crippen LogP contribution in [-0.2, 0) is 11.3 Å². The number of hydrogen-bond acceptors (Lipinski definition) is 2. The van der Waals surface area contributed by atoms with Gasteiger partial charge in [-0.05, 0) is 56.2 Å². The number of amides is 1. The van der Waals surface area contributed by atoms with Crippen LogP contribution < -0.4 is 5.32 Å². The smallest absolute Gasteiger partial charge is 0.251 e. The fraction of sp³-hybridized carbons (Fsp3) is 0.316. The lowest BCUT2D eigenvalue weighted by Gasteiger charge is -2.15. The van der Waals surface area contributed by atoms with Crippen molar-refractivity contribution in [2.75, 3.05) is 0 Å². The molecule has 0 heterocycles. The Kier molecular flexibility index (Phi) is 6.20. The van der Waals surface area contributed by atoms with E-state index in [2.05, 4.69) is 5.32 Å². The highest BCUT2D eigenvalue weighted by Crippen LogP contribution is 2.17. The molecule has 0 aromatic heterocycles. The number of carbonyl (C=O) groups excluding carboxylic acids is 1. The van der Waals surface area contributed by atoms with E-state index in [0.29, 0.717) is 17.2 Å². The summed E-state index contributed by atoms with van der Waals surface area (Å²) in [6.45, 7) is 6.51. The standard InChI is InChI=1S/C19H22ClNO2/c1-13(2)23-12-15-4-6-17(7-5-15)19(22)21-14(3)16-8-10-18(20)11-9-16/h4-11,13-14H,12H2,1-3H3,(H,21,22)/t14-/m1/s1. The van der Waals surface area contributed by atoms with Crippen molar-refractivity contribution in [3.05, 3.63) is 70.2 Å². The molecule has 122 valence electrons. The Morgan fingerprint density at radius 1 is 1.04 bits per heavy atom. The van der Waals surface area contributed by atoms with Gasteiger partial charge in [0, 0.05) is 10.6 Å². The molecule has 0 aliphatic carbocycles. The predicted octanol–water partition coefficient (Wildman–Crippen LogP) is 4.76. The fourth-order valence-corrected chi connectivity index (χ4v) is 2.26. The first kappa shape index (κ1) is 17.5. The number of rotatable bonds is 6. The van der Waals surface area contributed by atoms with Crippen molar-refractivity contribution in [2.24, 2.45) is 0 Å². The third kappa shape index (κ3) is 5.38. The molecule has 0 radical (unpaired) electrons. The first-order valence-electron chi connectivity index (χ1n) is 7.72. The van der Waals surface area contributed by atoms with Crippen molar-refractivity contribution in [1.29, 1.82) is 0 Å². The second kappa shape index (κ2) is 8.14. The second-order valence-corrected chi connectivity index (χ2v) is 6.24. The van der Waals surface area contributed by atoms with Crippen LogP contribution in [0.1, 0.15) is 48.3 Å². The largest absolute Gasteiger partial charge is 0.374 e. The normalized spacial score (nSPS) is 12.2. The van der Waals surface area contributed by atoms with Crippen molar-refractivity contribution in [3.8, 4) is 0 Å². The van der Waals surface area contributed by atoms with E-state index in [0.717, 1.165) is 11.1 Å². The van der Waals surface area contributed by atoms with E-state index < -0.39 is 0 Å². The zero-order valence-corrected chi connectivity index (χ0v) is 14.4. The van der Waals surface area contributed by atoms with E-state index in [1.807, 2.05) is 69.3 Å². The summed E-state index contributed by atoms with van der Waals surface area (Å²) in [5.74, 6) is -0.0937. The minimum Gasteiger partial charge on any atom is -0.374 e. The third-order valence-electron chi connectivity index (χ3n) is 3.52. The van der Waals surface area contributed by atoms with Crippen LogP contribution in [-0.4, -0.2) is 12.0 Å². The van der Waals surface area contributed by atoms with Crippen molar-refractivity contribution in [1.82, 2.24) is 5.32 Å². The highest BCUT2D eigenvalue weighted by Gasteiger charge is 2.11. The molecular weight excluding hydrogens is 310 g/mol. The quantitative estimate of drug-likeness (QED) is 0.829. The summed E-state index contributed by atoms with van der Waals surface area (Å²) in [7, 11) is 0. The monoisotopic (exact) mass is 331 g/mol. The molecule has 0 unspecified atom stereocenters. The number of benzene rings is 2. The number of ether oxygens (including phenoxy) is 1. The molecule has 2 aromatic rings. The van der Waals surface area contributed by atoms with E-state index in [1.54, 1.807) is 0 Å². The number of nitrogens with one attached hydrogen (secondary N) is 1. The molecule has 0 saturated carbocycles. The molecule has 0 spiro atoms. The highest BCUT2D eigenvalue weighted by atomic mass is 35.5. The van der Waals surface area contributed by atoms with Crippen LogP contribution >= 0.6 is 11.6 Å². The Hall–Kier alpha value is -1.84. The molecule has 0 fully saturated rings. The maximum absolute atomic E-state index is 12.3. The Morgan fingerprint density at radius 3 is 2.22 bits per heavy atom. The van der Waals surface area contributed by atoms with E-state index in [-0.39, 0.29) is 18.1 Å². The molecule has 2 rings (SSSR count). The lowest BCUT2D eigenvalue weighted by Crippen LogP contribution is -2.26. The summed E-state index contributed by atoms with van der Waals surface area (Å²) in [6.07, 6.45) is 0.193. The first-order valence-corrected chi connectivity index (χ1v) is 8.10. The maximum atomic E-state index is 12.3. The minimum atomic E-state index is -0.0937. The van der Waals surface area contributed by atoms with Gasteiger partial charge in [0.25, 0.3) is 5.91 Å². The average molecular weight is 332 g/mol. The minimum absolute atomic E-state index is 0.0799. The van der Waals surface area contributed by atoms with Gasteiger partial charge in [-0.1, -0.05) is 35.9 Å². The van der Waals surface area contributed by atoms with E-state index in [9.17, 15) is 4.79 Å². The lowest BCUT2D eigenvalue weighted by molar-refractivity contribution is 0.0656. The Bertz CT molecular complexity index is 635. The van der Waals surface area contributed by atoms with Crippen molar-refractivity contribution < 1.29 is 9.53 Å². The van der Waals surface area contributed by atoms with Crippen LogP contribution in [0.4, 0.5) is 0 Å². The zero-order valence-electron chi connectivity index (χ0n) is 13.7. The second-order valence-electron chi connectivity index (χ2n) is 5.80. The molecular formula is C19H22ClNO2. The Labute approximate surface area is 142 Å². The van der Waals surface area contributed by atoms with Crippen molar-refractivity contribution in [3.63, 3.8) is 0 Å². The predicted molar refractivity (Wildman–Crippen MR) is 93.7 cm³/mol. The maximum Gasteiger partial charge on any atom is 0.251 e. The van der Waals surface area contributed by atoms with Gasteiger partial charge in [0.1, 0.15) is 0 Å². The van der Waals surface area contributed by atoms with Crippen LogP contribution in [0.15, 0.2) is 48.5 Å². The van der Waals surface area contributed by atoms with Gasteiger partial charge in [-0.3, -0.25) is 4.79 Å². The third-order valence-corrected chi connectivity index (χ3v) is 3.77. The van der Waals surface area contributed by atoms with E-state index in [4.69, 9.17) is 16.3 Å².